The quantitative estimate of drug-likeness (QED) is 0.799. The van der Waals surface area contributed by atoms with E-state index in [9.17, 15) is 9.59 Å². The van der Waals surface area contributed by atoms with E-state index in [2.05, 4.69) is 10.2 Å². The van der Waals surface area contributed by atoms with Gasteiger partial charge in [-0.1, -0.05) is 26.7 Å². The highest BCUT2D eigenvalue weighted by Gasteiger charge is 2.23. The Balaban J connectivity index is 2.26. The van der Waals surface area contributed by atoms with Crippen molar-refractivity contribution in [3.8, 4) is 0 Å². The molecule has 0 spiro atoms. The molecule has 0 atom stereocenters. The number of nitrogens with zero attached hydrogens (tertiary/aromatic N) is 4. The molecule has 6 nitrogen and oxygen atoms in total. The third kappa shape index (κ3) is 2.68. The molecule has 0 fully saturated rings. The fourth-order valence-corrected chi connectivity index (χ4v) is 2.10. The molecule has 2 rings (SSSR count). The largest absolute Gasteiger partial charge is 0.338 e. The second kappa shape index (κ2) is 6.27. The van der Waals surface area contributed by atoms with Crippen molar-refractivity contribution in [3.63, 3.8) is 0 Å². The Kier molecular flexibility index (Phi) is 4.45. The Morgan fingerprint density at radius 3 is 1.65 bits per heavy atom. The van der Waals surface area contributed by atoms with Crippen LogP contribution in [0.5, 0.6) is 0 Å². The van der Waals surface area contributed by atoms with E-state index >= 15 is 0 Å². The summed E-state index contributed by atoms with van der Waals surface area (Å²) in [6, 6.07) is 3.51. The molecule has 0 aromatic carbocycles. The summed E-state index contributed by atoms with van der Waals surface area (Å²) >= 11 is 0. The first-order valence-electron chi connectivity index (χ1n) is 6.83. The standard InChI is InChI=1S/C14H18N4O2/c1-3-5-11-7-9-15-17(11)13(19)14(20)18-12(6-4-2)8-10-16-18/h7-10H,3-6H2,1-2H3. The highest BCUT2D eigenvalue weighted by Crippen LogP contribution is 2.06. The molecule has 0 amide bonds. The van der Waals surface area contributed by atoms with Crippen LogP contribution < -0.4 is 0 Å². The molecular formula is C14H18N4O2. The fourth-order valence-electron chi connectivity index (χ4n) is 2.10. The summed E-state index contributed by atoms with van der Waals surface area (Å²) in [6.07, 6.45) is 6.25. The molecule has 0 saturated carbocycles. The van der Waals surface area contributed by atoms with Crippen LogP contribution in [-0.4, -0.2) is 31.4 Å². The maximum atomic E-state index is 12.2. The first-order valence-corrected chi connectivity index (χ1v) is 6.83. The van der Waals surface area contributed by atoms with Crippen LogP contribution >= 0.6 is 0 Å². The summed E-state index contributed by atoms with van der Waals surface area (Å²) in [5, 5.41) is 7.89. The van der Waals surface area contributed by atoms with E-state index in [1.807, 2.05) is 13.8 Å². The number of rotatable bonds is 4. The van der Waals surface area contributed by atoms with Crippen LogP contribution in [0.2, 0.25) is 0 Å². The van der Waals surface area contributed by atoms with Gasteiger partial charge in [0.2, 0.25) is 0 Å². The molecule has 0 aliphatic rings. The lowest BCUT2D eigenvalue weighted by Crippen LogP contribution is -2.31. The highest BCUT2D eigenvalue weighted by atomic mass is 16.2. The van der Waals surface area contributed by atoms with Crippen molar-refractivity contribution in [2.24, 2.45) is 0 Å². The zero-order valence-corrected chi connectivity index (χ0v) is 11.7. The molecule has 0 saturated heterocycles. The Morgan fingerprint density at radius 1 is 0.900 bits per heavy atom. The van der Waals surface area contributed by atoms with Gasteiger partial charge in [-0.2, -0.15) is 19.6 Å². The van der Waals surface area contributed by atoms with Gasteiger partial charge in [0.25, 0.3) is 0 Å². The van der Waals surface area contributed by atoms with Gasteiger partial charge in [-0.3, -0.25) is 9.59 Å². The number of hydrogen-bond acceptors (Lipinski definition) is 4. The lowest BCUT2D eigenvalue weighted by molar-refractivity contribution is 0.0692. The zero-order valence-electron chi connectivity index (χ0n) is 11.7. The van der Waals surface area contributed by atoms with Crippen LogP contribution in [-0.2, 0) is 12.8 Å². The third-order valence-corrected chi connectivity index (χ3v) is 3.02. The molecule has 0 aliphatic carbocycles. The van der Waals surface area contributed by atoms with Crippen LogP contribution in [0.1, 0.15) is 47.7 Å². The molecule has 20 heavy (non-hydrogen) atoms. The fraction of sp³-hybridized carbons (Fsp3) is 0.429. The number of hydrogen-bond donors (Lipinski definition) is 0. The van der Waals surface area contributed by atoms with E-state index in [-0.39, 0.29) is 0 Å². The van der Waals surface area contributed by atoms with E-state index in [1.54, 1.807) is 12.1 Å². The van der Waals surface area contributed by atoms with Gasteiger partial charge in [-0.05, 0) is 25.0 Å². The molecule has 0 unspecified atom stereocenters. The van der Waals surface area contributed by atoms with Gasteiger partial charge in [0.1, 0.15) is 0 Å². The summed E-state index contributed by atoms with van der Waals surface area (Å²) in [5.74, 6) is -1.33. The van der Waals surface area contributed by atoms with Crippen molar-refractivity contribution >= 4 is 11.8 Å². The molecule has 0 radical (unpaired) electrons. The first-order chi connectivity index (χ1) is 9.69. The Labute approximate surface area is 117 Å². The SMILES string of the molecule is CCCc1ccnn1C(=O)C(=O)n1nccc1CCC. The first kappa shape index (κ1) is 14.2. The van der Waals surface area contributed by atoms with Crippen molar-refractivity contribution in [1.29, 1.82) is 0 Å². The second-order valence-electron chi connectivity index (χ2n) is 4.58. The van der Waals surface area contributed by atoms with Crippen molar-refractivity contribution in [3.05, 3.63) is 35.9 Å². The van der Waals surface area contributed by atoms with E-state index < -0.39 is 11.8 Å². The maximum Gasteiger partial charge on any atom is 0.338 e. The molecular weight excluding hydrogens is 256 g/mol. The Hall–Kier alpha value is -2.24. The van der Waals surface area contributed by atoms with E-state index in [0.29, 0.717) is 12.8 Å². The third-order valence-electron chi connectivity index (χ3n) is 3.02. The number of aromatic nitrogens is 4. The van der Waals surface area contributed by atoms with Crippen LogP contribution in [0.4, 0.5) is 0 Å². The van der Waals surface area contributed by atoms with Crippen LogP contribution in [0.25, 0.3) is 0 Å². The molecule has 6 heteroatoms. The van der Waals surface area contributed by atoms with Gasteiger partial charge in [-0.15, -0.1) is 0 Å². The molecule has 0 aliphatic heterocycles. The molecule has 106 valence electrons. The van der Waals surface area contributed by atoms with Crippen molar-refractivity contribution in [1.82, 2.24) is 19.6 Å². The lowest BCUT2D eigenvalue weighted by Gasteiger charge is -2.06. The van der Waals surface area contributed by atoms with Gasteiger partial charge in [0.05, 0.1) is 0 Å². The van der Waals surface area contributed by atoms with Crippen LogP contribution in [0, 0.1) is 0 Å². The minimum Gasteiger partial charge on any atom is -0.261 e. The predicted molar refractivity (Wildman–Crippen MR) is 73.7 cm³/mol. The van der Waals surface area contributed by atoms with Gasteiger partial charge in [-0.25, -0.2) is 0 Å². The lowest BCUT2D eigenvalue weighted by atomic mass is 10.2. The Morgan fingerprint density at radius 2 is 1.30 bits per heavy atom. The maximum absolute atomic E-state index is 12.2. The molecule has 2 aromatic rings. The zero-order chi connectivity index (χ0) is 14.5. The molecule has 0 bridgehead atoms. The minimum absolute atomic E-state index is 0.667. The van der Waals surface area contributed by atoms with Crippen LogP contribution in [0.15, 0.2) is 24.5 Å². The average molecular weight is 274 g/mol. The van der Waals surface area contributed by atoms with Crippen LogP contribution in [0.3, 0.4) is 0 Å². The number of carbonyl (C=O) groups excluding carboxylic acids is 2. The summed E-state index contributed by atoms with van der Waals surface area (Å²) in [7, 11) is 0. The highest BCUT2D eigenvalue weighted by molar-refractivity contribution is 6.36. The number of aryl methyl sites for hydroxylation is 2. The predicted octanol–water partition coefficient (Wildman–Crippen LogP) is 1.97. The molecule has 0 N–H and O–H groups in total. The second-order valence-corrected chi connectivity index (χ2v) is 4.58. The number of carbonyl (C=O) groups is 2. The minimum atomic E-state index is -0.667. The summed E-state index contributed by atoms with van der Waals surface area (Å²) < 4.78 is 2.34. The topological polar surface area (TPSA) is 69.8 Å². The monoisotopic (exact) mass is 274 g/mol. The summed E-state index contributed by atoms with van der Waals surface area (Å²) in [4.78, 5) is 24.5. The van der Waals surface area contributed by atoms with Crippen molar-refractivity contribution in [2.75, 3.05) is 0 Å². The molecule has 2 aromatic heterocycles. The van der Waals surface area contributed by atoms with Gasteiger partial charge in [0, 0.05) is 23.8 Å². The van der Waals surface area contributed by atoms with Gasteiger partial charge in [0.15, 0.2) is 0 Å². The van der Waals surface area contributed by atoms with E-state index in [4.69, 9.17) is 0 Å². The molecule has 2 heterocycles. The normalized spacial score (nSPS) is 10.7. The average Bonchev–Trinajstić information content (AvgIpc) is 3.07. The van der Waals surface area contributed by atoms with Crippen molar-refractivity contribution < 1.29 is 9.59 Å². The van der Waals surface area contributed by atoms with E-state index in [1.165, 1.54) is 21.8 Å². The summed E-state index contributed by atoms with van der Waals surface area (Å²) in [5.41, 5.74) is 1.49. The van der Waals surface area contributed by atoms with E-state index in [0.717, 1.165) is 24.2 Å². The van der Waals surface area contributed by atoms with Crippen molar-refractivity contribution in [2.45, 2.75) is 39.5 Å². The van der Waals surface area contributed by atoms with Gasteiger partial charge >= 0.3 is 11.8 Å². The smallest absolute Gasteiger partial charge is 0.261 e. The van der Waals surface area contributed by atoms with Gasteiger partial charge < -0.3 is 0 Å². The Bertz CT molecular complexity index is 558. The summed E-state index contributed by atoms with van der Waals surface area (Å²) in [6.45, 7) is 4.02.